The number of nitrogens with zero attached hydrogens (tertiary/aromatic N) is 1. The first kappa shape index (κ1) is 19.0. The first-order valence-corrected chi connectivity index (χ1v) is 11.8. The summed E-state index contributed by atoms with van der Waals surface area (Å²) in [6.07, 6.45) is 0. The third-order valence-electron chi connectivity index (χ3n) is 5.51. The summed E-state index contributed by atoms with van der Waals surface area (Å²) in [4.78, 5) is 0. The Bertz CT molecular complexity index is 959. The molecule has 3 aromatic rings. The Kier molecular flexibility index (Phi) is 4.28. The standard InChI is InChI=1S/C24H27FNOP/c1-5-26-22-18-19(24(2,3)4)16-17-23(22)27-28(26,25,20-12-8-6-9-13-20)21-14-10-7-11-15-21/h6-18H,5H2,1-4H3. The third-order valence-corrected chi connectivity index (χ3v) is 9.78. The number of fused-ring (bicyclic) bond motifs is 1. The Balaban J connectivity index is 2.03. The molecule has 4 rings (SSSR count). The van der Waals surface area contributed by atoms with Crippen LogP contribution in [0.25, 0.3) is 0 Å². The van der Waals surface area contributed by atoms with E-state index >= 15 is 4.20 Å². The molecule has 0 unspecified atom stereocenters. The number of benzene rings is 3. The van der Waals surface area contributed by atoms with Crippen molar-refractivity contribution in [2.75, 3.05) is 11.2 Å². The van der Waals surface area contributed by atoms with Crippen molar-refractivity contribution in [1.29, 1.82) is 0 Å². The van der Waals surface area contributed by atoms with Crippen molar-refractivity contribution < 1.29 is 8.72 Å². The van der Waals surface area contributed by atoms with Gasteiger partial charge in [-0.05, 0) is 0 Å². The molecule has 0 radical (unpaired) electrons. The Morgan fingerprint density at radius 2 is 1.39 bits per heavy atom. The van der Waals surface area contributed by atoms with Crippen LogP contribution < -0.4 is 19.8 Å². The van der Waals surface area contributed by atoms with E-state index in [9.17, 15) is 0 Å². The molecule has 2 nitrogen and oxygen atoms in total. The van der Waals surface area contributed by atoms with E-state index in [4.69, 9.17) is 4.52 Å². The van der Waals surface area contributed by atoms with E-state index in [1.54, 1.807) is 0 Å². The molecule has 1 heterocycles. The van der Waals surface area contributed by atoms with E-state index in [1.165, 1.54) is 5.56 Å². The van der Waals surface area contributed by atoms with Gasteiger partial charge in [-0.3, -0.25) is 0 Å². The van der Waals surface area contributed by atoms with Gasteiger partial charge in [-0.15, -0.1) is 0 Å². The first-order valence-electron chi connectivity index (χ1n) is 9.76. The van der Waals surface area contributed by atoms with Crippen LogP contribution in [0.2, 0.25) is 0 Å². The Labute approximate surface area is 167 Å². The summed E-state index contributed by atoms with van der Waals surface area (Å²) in [7, 11) is -4.58. The van der Waals surface area contributed by atoms with Crippen LogP contribution in [0.15, 0.2) is 78.9 Å². The zero-order chi connectivity index (χ0) is 20.0. The van der Waals surface area contributed by atoms with Gasteiger partial charge in [0.25, 0.3) is 0 Å². The first-order chi connectivity index (χ1) is 13.3. The van der Waals surface area contributed by atoms with Crippen LogP contribution in [0.5, 0.6) is 5.75 Å². The van der Waals surface area contributed by atoms with Crippen molar-refractivity contribution in [3.05, 3.63) is 84.4 Å². The van der Waals surface area contributed by atoms with Gasteiger partial charge in [0.1, 0.15) is 0 Å². The number of halogens is 1. The minimum atomic E-state index is -4.58. The summed E-state index contributed by atoms with van der Waals surface area (Å²) in [5.74, 6) is 0.614. The van der Waals surface area contributed by atoms with Gasteiger partial charge in [0.05, 0.1) is 0 Å². The summed E-state index contributed by atoms with van der Waals surface area (Å²) in [5.41, 5.74) is 1.98. The molecule has 4 heteroatoms. The average molecular weight is 395 g/mol. The second kappa shape index (κ2) is 6.32. The molecule has 1 aliphatic rings. The monoisotopic (exact) mass is 395 g/mol. The van der Waals surface area contributed by atoms with Gasteiger partial charge in [-0.1, -0.05) is 0 Å². The SMILES string of the molecule is CCN1c2cc(C(C)(C)C)ccc2OP1(F)(c1ccccc1)c1ccccc1. The second-order valence-corrected chi connectivity index (χ2v) is 11.8. The fourth-order valence-corrected chi connectivity index (χ4v) is 8.12. The number of rotatable bonds is 3. The zero-order valence-electron chi connectivity index (χ0n) is 16.9. The van der Waals surface area contributed by atoms with Gasteiger partial charge in [-0.2, -0.15) is 0 Å². The van der Waals surface area contributed by atoms with Crippen molar-refractivity contribution in [2.45, 2.75) is 33.1 Å². The number of hydrogen-bond acceptors (Lipinski definition) is 2. The number of hydrogen-bond donors (Lipinski definition) is 0. The maximum atomic E-state index is 17.9. The van der Waals surface area contributed by atoms with Crippen molar-refractivity contribution in [2.24, 2.45) is 0 Å². The van der Waals surface area contributed by atoms with E-state index in [1.807, 2.05) is 78.3 Å². The molecule has 0 N–H and O–H groups in total. The molecule has 0 saturated carbocycles. The van der Waals surface area contributed by atoms with Crippen molar-refractivity contribution >= 4 is 23.6 Å². The van der Waals surface area contributed by atoms with Gasteiger partial charge in [0.2, 0.25) is 0 Å². The fourth-order valence-electron chi connectivity index (χ4n) is 4.01. The molecule has 0 fully saturated rings. The molecule has 0 bridgehead atoms. The quantitative estimate of drug-likeness (QED) is 0.495. The molecule has 146 valence electrons. The molecule has 28 heavy (non-hydrogen) atoms. The average Bonchev–Trinajstić information content (AvgIpc) is 2.98. The van der Waals surface area contributed by atoms with Crippen LogP contribution in [0.3, 0.4) is 0 Å². The minimum absolute atomic E-state index is 0.0245. The second-order valence-electron chi connectivity index (χ2n) is 8.30. The third kappa shape index (κ3) is 2.57. The topological polar surface area (TPSA) is 12.5 Å². The molecule has 3 aromatic carbocycles. The molecule has 0 saturated heterocycles. The molecule has 0 aromatic heterocycles. The van der Waals surface area contributed by atoms with E-state index in [0.717, 1.165) is 5.69 Å². The summed E-state index contributed by atoms with van der Waals surface area (Å²) in [5, 5.41) is 1.19. The van der Waals surface area contributed by atoms with Gasteiger partial charge in [0, 0.05) is 0 Å². The van der Waals surface area contributed by atoms with Crippen LogP contribution >= 0.6 is 7.29 Å². The summed E-state index contributed by atoms with van der Waals surface area (Å²) in [6, 6.07) is 24.8. The van der Waals surface area contributed by atoms with Crippen molar-refractivity contribution in [3.8, 4) is 5.75 Å². The van der Waals surface area contributed by atoms with Gasteiger partial charge in [0.15, 0.2) is 0 Å². The predicted molar refractivity (Wildman–Crippen MR) is 119 cm³/mol. The fraction of sp³-hybridized carbons (Fsp3) is 0.250. The zero-order valence-corrected chi connectivity index (χ0v) is 17.8. The Hall–Kier alpha value is -2.38. The Morgan fingerprint density at radius 1 is 0.857 bits per heavy atom. The van der Waals surface area contributed by atoms with Crippen LogP contribution in [-0.2, 0) is 5.41 Å². The van der Waals surface area contributed by atoms with E-state index < -0.39 is 7.29 Å². The van der Waals surface area contributed by atoms with Crippen LogP contribution in [0.4, 0.5) is 9.88 Å². The molecular formula is C24H27FNOP. The van der Waals surface area contributed by atoms with Crippen LogP contribution in [-0.4, -0.2) is 6.54 Å². The summed E-state index contributed by atoms with van der Waals surface area (Å²) in [6.45, 7) is 9.02. The molecule has 0 spiro atoms. The molecular weight excluding hydrogens is 368 g/mol. The molecule has 1 aliphatic heterocycles. The molecule has 0 aliphatic carbocycles. The maximum absolute atomic E-state index is 17.9. The summed E-state index contributed by atoms with van der Waals surface area (Å²) >= 11 is 0. The van der Waals surface area contributed by atoms with Gasteiger partial charge in [-0.25, -0.2) is 0 Å². The Morgan fingerprint density at radius 3 is 1.86 bits per heavy atom. The van der Waals surface area contributed by atoms with Crippen LogP contribution in [0, 0.1) is 0 Å². The normalized spacial score (nSPS) is 18.6. The predicted octanol–water partition coefficient (Wildman–Crippen LogP) is 6.12. The van der Waals surface area contributed by atoms with Crippen LogP contribution in [0.1, 0.15) is 33.3 Å². The van der Waals surface area contributed by atoms with Gasteiger partial charge < -0.3 is 0 Å². The van der Waals surface area contributed by atoms with E-state index in [0.29, 0.717) is 22.9 Å². The summed E-state index contributed by atoms with van der Waals surface area (Å²) < 4.78 is 26.2. The molecule has 0 amide bonds. The number of anilines is 1. The molecule has 0 atom stereocenters. The van der Waals surface area contributed by atoms with Crippen molar-refractivity contribution in [3.63, 3.8) is 0 Å². The van der Waals surface area contributed by atoms with Crippen molar-refractivity contribution in [1.82, 2.24) is 0 Å². The van der Waals surface area contributed by atoms with Gasteiger partial charge >= 0.3 is 167 Å². The van der Waals surface area contributed by atoms with E-state index in [2.05, 4.69) is 32.9 Å². The van der Waals surface area contributed by atoms with E-state index in [-0.39, 0.29) is 5.41 Å².